The third-order valence-corrected chi connectivity index (χ3v) is 6.43. The molecule has 1 aromatic heterocycles. The number of halogens is 2. The van der Waals surface area contributed by atoms with E-state index in [1.807, 2.05) is 36.5 Å². The number of para-hydroxylation sites is 1. The van der Waals surface area contributed by atoms with E-state index < -0.39 is 0 Å². The number of ether oxygens (including phenoxy) is 1. The number of amides is 1. The summed E-state index contributed by atoms with van der Waals surface area (Å²) in [6.45, 7) is 3.98. The number of nitrogens with one attached hydrogen (secondary N) is 1. The van der Waals surface area contributed by atoms with Crippen molar-refractivity contribution in [3.63, 3.8) is 0 Å². The first-order chi connectivity index (χ1) is 16.4. The van der Waals surface area contributed by atoms with E-state index in [0.29, 0.717) is 28.6 Å². The summed E-state index contributed by atoms with van der Waals surface area (Å²) in [4.78, 5) is 22.6. The number of nitrogens with zero attached hydrogens (tertiary/aromatic N) is 3. The first-order valence-corrected chi connectivity index (χ1v) is 12.0. The van der Waals surface area contributed by atoms with Crippen LogP contribution < -0.4 is 15.0 Å². The van der Waals surface area contributed by atoms with Gasteiger partial charge in [0.1, 0.15) is 11.6 Å². The zero-order valence-electron chi connectivity index (χ0n) is 19.4. The SMILES string of the molecule is COc1ccccc1Cc1cnc(N2CCN(C)CC2)cc1C(=O)NCc1cc(Cl)cc(Cl)c1. The van der Waals surface area contributed by atoms with Gasteiger partial charge in [0, 0.05) is 61.0 Å². The number of benzene rings is 2. The molecule has 0 atom stereocenters. The predicted octanol–water partition coefficient (Wildman–Crippen LogP) is 4.67. The maximum Gasteiger partial charge on any atom is 0.252 e. The topological polar surface area (TPSA) is 57.7 Å². The average molecular weight is 499 g/mol. The fourth-order valence-electron chi connectivity index (χ4n) is 4.08. The number of piperazine rings is 1. The average Bonchev–Trinajstić information content (AvgIpc) is 2.83. The van der Waals surface area contributed by atoms with E-state index in [-0.39, 0.29) is 5.91 Å². The molecule has 2 aromatic carbocycles. The molecule has 0 radical (unpaired) electrons. The van der Waals surface area contributed by atoms with Crippen LogP contribution in [0.1, 0.15) is 27.0 Å². The Morgan fingerprint density at radius 2 is 1.74 bits per heavy atom. The third kappa shape index (κ3) is 6.00. The van der Waals surface area contributed by atoms with Crippen molar-refractivity contribution in [1.29, 1.82) is 0 Å². The molecule has 0 bridgehead atoms. The first kappa shape index (κ1) is 24.3. The highest BCUT2D eigenvalue weighted by molar-refractivity contribution is 6.34. The lowest BCUT2D eigenvalue weighted by Gasteiger charge is -2.33. The van der Waals surface area contributed by atoms with Crippen LogP contribution in [0.15, 0.2) is 54.7 Å². The molecule has 1 fully saturated rings. The normalized spacial score (nSPS) is 14.2. The molecule has 1 amide bonds. The van der Waals surface area contributed by atoms with Crippen molar-refractivity contribution in [3.8, 4) is 5.75 Å². The summed E-state index contributed by atoms with van der Waals surface area (Å²) in [5.74, 6) is 1.43. The molecule has 0 unspecified atom stereocenters. The summed E-state index contributed by atoms with van der Waals surface area (Å²) in [6, 6.07) is 15.0. The summed E-state index contributed by atoms with van der Waals surface area (Å²) in [5, 5.41) is 4.09. The summed E-state index contributed by atoms with van der Waals surface area (Å²) in [6.07, 6.45) is 2.34. The number of pyridine rings is 1. The van der Waals surface area contributed by atoms with Crippen LogP contribution in [0.5, 0.6) is 5.75 Å². The second-order valence-corrected chi connectivity index (χ2v) is 9.31. The Kier molecular flexibility index (Phi) is 7.93. The Morgan fingerprint density at radius 3 is 2.44 bits per heavy atom. The number of carbonyl (C=O) groups excluding carboxylic acids is 1. The number of hydrogen-bond acceptors (Lipinski definition) is 5. The van der Waals surface area contributed by atoms with Gasteiger partial charge in [0.15, 0.2) is 0 Å². The minimum absolute atomic E-state index is 0.168. The molecule has 0 spiro atoms. The van der Waals surface area contributed by atoms with E-state index in [1.54, 1.807) is 25.3 Å². The van der Waals surface area contributed by atoms with Crippen molar-refractivity contribution in [2.45, 2.75) is 13.0 Å². The van der Waals surface area contributed by atoms with Crippen molar-refractivity contribution in [3.05, 3.63) is 87.0 Å². The van der Waals surface area contributed by atoms with Crippen LogP contribution in [0.25, 0.3) is 0 Å². The van der Waals surface area contributed by atoms with Crippen molar-refractivity contribution < 1.29 is 9.53 Å². The Bertz CT molecular complexity index is 1140. The van der Waals surface area contributed by atoms with Crippen molar-refractivity contribution in [2.75, 3.05) is 45.2 Å². The molecule has 1 saturated heterocycles. The fourth-order valence-corrected chi connectivity index (χ4v) is 4.65. The largest absolute Gasteiger partial charge is 0.496 e. The van der Waals surface area contributed by atoms with Crippen LogP contribution in [-0.4, -0.2) is 56.1 Å². The number of carbonyl (C=O) groups is 1. The van der Waals surface area contributed by atoms with Gasteiger partial charge in [-0.1, -0.05) is 41.4 Å². The highest BCUT2D eigenvalue weighted by atomic mass is 35.5. The molecule has 4 rings (SSSR count). The molecule has 6 nitrogen and oxygen atoms in total. The smallest absolute Gasteiger partial charge is 0.252 e. The number of methoxy groups -OCH3 is 1. The maximum absolute atomic E-state index is 13.4. The lowest BCUT2D eigenvalue weighted by molar-refractivity contribution is 0.0950. The van der Waals surface area contributed by atoms with E-state index in [4.69, 9.17) is 32.9 Å². The molecule has 1 aliphatic heterocycles. The second kappa shape index (κ2) is 11.1. The van der Waals surface area contributed by atoms with E-state index in [2.05, 4.69) is 22.2 Å². The molecular weight excluding hydrogens is 471 g/mol. The van der Waals surface area contributed by atoms with Crippen LogP contribution in [-0.2, 0) is 13.0 Å². The zero-order chi connectivity index (χ0) is 24.1. The van der Waals surface area contributed by atoms with E-state index in [0.717, 1.165) is 54.4 Å². The molecule has 3 aromatic rings. The Morgan fingerprint density at radius 1 is 1.03 bits per heavy atom. The quantitative estimate of drug-likeness (QED) is 0.512. The lowest BCUT2D eigenvalue weighted by Crippen LogP contribution is -2.45. The van der Waals surface area contributed by atoms with Gasteiger partial charge in [0.05, 0.1) is 7.11 Å². The van der Waals surface area contributed by atoms with Crippen LogP contribution in [0.4, 0.5) is 5.82 Å². The van der Waals surface area contributed by atoms with E-state index in [9.17, 15) is 4.79 Å². The van der Waals surface area contributed by atoms with Crippen LogP contribution in [0.3, 0.4) is 0 Å². The van der Waals surface area contributed by atoms with Crippen LogP contribution in [0.2, 0.25) is 10.0 Å². The maximum atomic E-state index is 13.4. The monoisotopic (exact) mass is 498 g/mol. The molecule has 1 aliphatic rings. The van der Waals surface area contributed by atoms with Gasteiger partial charge >= 0.3 is 0 Å². The van der Waals surface area contributed by atoms with Gasteiger partial charge in [-0.2, -0.15) is 0 Å². The molecule has 34 heavy (non-hydrogen) atoms. The van der Waals surface area contributed by atoms with Gasteiger partial charge in [0.25, 0.3) is 5.91 Å². The van der Waals surface area contributed by atoms with Gasteiger partial charge in [0.2, 0.25) is 0 Å². The van der Waals surface area contributed by atoms with Gasteiger partial charge in [-0.3, -0.25) is 4.79 Å². The Balaban J connectivity index is 1.61. The summed E-state index contributed by atoms with van der Waals surface area (Å²) in [7, 11) is 3.76. The van der Waals surface area contributed by atoms with Crippen LogP contribution >= 0.6 is 23.2 Å². The summed E-state index contributed by atoms with van der Waals surface area (Å²) < 4.78 is 5.52. The first-order valence-electron chi connectivity index (χ1n) is 11.2. The molecule has 0 aliphatic carbocycles. The number of rotatable bonds is 7. The van der Waals surface area contributed by atoms with Crippen molar-refractivity contribution >= 4 is 34.9 Å². The predicted molar refractivity (Wildman–Crippen MR) is 137 cm³/mol. The molecule has 8 heteroatoms. The molecular formula is C26H28Cl2N4O2. The number of likely N-dealkylation sites (N-methyl/N-ethyl adjacent to an activating group) is 1. The van der Waals surface area contributed by atoms with Crippen molar-refractivity contribution in [2.24, 2.45) is 0 Å². The van der Waals surface area contributed by atoms with Gasteiger partial charge in [-0.05, 0) is 54.1 Å². The molecule has 0 saturated carbocycles. The van der Waals surface area contributed by atoms with E-state index in [1.165, 1.54) is 0 Å². The fraction of sp³-hybridized carbons (Fsp3) is 0.308. The third-order valence-electron chi connectivity index (χ3n) is 5.99. The number of anilines is 1. The molecule has 1 N–H and O–H groups in total. The minimum Gasteiger partial charge on any atom is -0.496 e. The van der Waals surface area contributed by atoms with Gasteiger partial charge in [-0.25, -0.2) is 4.98 Å². The number of hydrogen-bond donors (Lipinski definition) is 1. The van der Waals surface area contributed by atoms with Crippen LogP contribution in [0, 0.1) is 0 Å². The Labute approximate surface area is 210 Å². The van der Waals surface area contributed by atoms with Crippen molar-refractivity contribution in [1.82, 2.24) is 15.2 Å². The molecule has 2 heterocycles. The van der Waals surface area contributed by atoms with Gasteiger partial charge < -0.3 is 19.9 Å². The number of aromatic nitrogens is 1. The molecule has 178 valence electrons. The minimum atomic E-state index is -0.168. The second-order valence-electron chi connectivity index (χ2n) is 8.44. The standard InChI is InChI=1S/C26H28Cl2N4O2/c1-31-7-9-32(10-8-31)25-15-23(26(33)30-16-18-11-21(27)14-22(28)12-18)20(17-29-25)13-19-5-3-4-6-24(19)34-2/h3-6,11-12,14-15,17H,7-10,13,16H2,1-2H3,(H,30,33). The Hall–Kier alpha value is -2.80. The highest BCUT2D eigenvalue weighted by Crippen LogP contribution is 2.25. The lowest BCUT2D eigenvalue weighted by atomic mass is 10.00. The van der Waals surface area contributed by atoms with E-state index >= 15 is 0 Å². The zero-order valence-corrected chi connectivity index (χ0v) is 20.9. The summed E-state index contributed by atoms with van der Waals surface area (Å²) in [5.41, 5.74) is 3.27. The van der Waals surface area contributed by atoms with Gasteiger partial charge in [-0.15, -0.1) is 0 Å². The highest BCUT2D eigenvalue weighted by Gasteiger charge is 2.20. The summed E-state index contributed by atoms with van der Waals surface area (Å²) >= 11 is 12.2.